The minimum absolute atomic E-state index is 0.217. The second kappa shape index (κ2) is 6.75. The van der Waals surface area contributed by atoms with Crippen LogP contribution in [-0.2, 0) is 10.3 Å². The number of urea groups is 1. The molecule has 3 rings (SSSR count). The SMILES string of the molecule is COc1ccc([C@@]2(C)NC(=O)N(/N=C/c3cc(C)c(O)c(C)c3)C2=O)cc1. The number of hydrazone groups is 1. The monoisotopic (exact) mass is 367 g/mol. The van der Waals surface area contributed by atoms with Crippen LogP contribution in [-0.4, -0.2) is 35.4 Å². The van der Waals surface area contributed by atoms with Crippen molar-refractivity contribution in [1.82, 2.24) is 10.3 Å². The second-order valence-corrected chi connectivity index (χ2v) is 6.65. The maximum atomic E-state index is 12.9. The molecule has 0 aliphatic carbocycles. The second-order valence-electron chi connectivity index (χ2n) is 6.65. The van der Waals surface area contributed by atoms with Gasteiger partial charge in [-0.15, -0.1) is 5.01 Å². The number of phenolic OH excluding ortho intramolecular Hbond substituents is 1. The molecule has 0 unspecified atom stereocenters. The molecule has 1 atom stereocenters. The predicted octanol–water partition coefficient (Wildman–Crippen LogP) is 2.82. The lowest BCUT2D eigenvalue weighted by molar-refractivity contribution is -0.131. The van der Waals surface area contributed by atoms with Gasteiger partial charge >= 0.3 is 6.03 Å². The van der Waals surface area contributed by atoms with Crippen LogP contribution in [0.4, 0.5) is 4.79 Å². The number of aromatic hydroxyl groups is 1. The Kier molecular flexibility index (Phi) is 4.61. The van der Waals surface area contributed by atoms with E-state index in [0.717, 1.165) is 5.01 Å². The van der Waals surface area contributed by atoms with Gasteiger partial charge in [-0.25, -0.2) is 4.79 Å². The fraction of sp³-hybridized carbons (Fsp3) is 0.250. The smallest absolute Gasteiger partial charge is 0.346 e. The zero-order valence-electron chi connectivity index (χ0n) is 15.6. The topological polar surface area (TPSA) is 91.2 Å². The summed E-state index contributed by atoms with van der Waals surface area (Å²) in [5.74, 6) is 0.405. The highest BCUT2D eigenvalue weighted by Gasteiger charge is 2.49. The number of carbonyl (C=O) groups excluding carboxylic acids is 2. The van der Waals surface area contributed by atoms with Gasteiger partial charge in [0.05, 0.1) is 13.3 Å². The van der Waals surface area contributed by atoms with Crippen molar-refractivity contribution in [2.75, 3.05) is 7.11 Å². The number of nitrogens with one attached hydrogen (secondary N) is 1. The molecule has 7 nitrogen and oxygen atoms in total. The molecule has 7 heteroatoms. The number of hydrogen-bond acceptors (Lipinski definition) is 5. The first-order chi connectivity index (χ1) is 12.8. The number of imide groups is 1. The summed E-state index contributed by atoms with van der Waals surface area (Å²) in [5.41, 5.74) is 1.49. The summed E-state index contributed by atoms with van der Waals surface area (Å²) < 4.78 is 5.13. The quantitative estimate of drug-likeness (QED) is 0.642. The Morgan fingerprint density at radius 2 is 1.74 bits per heavy atom. The normalized spacial score (nSPS) is 19.6. The fourth-order valence-electron chi connectivity index (χ4n) is 3.04. The minimum Gasteiger partial charge on any atom is -0.507 e. The highest BCUT2D eigenvalue weighted by Crippen LogP contribution is 2.30. The molecule has 27 heavy (non-hydrogen) atoms. The Hall–Kier alpha value is -3.35. The minimum atomic E-state index is -1.21. The maximum Gasteiger partial charge on any atom is 0.346 e. The number of hydrogen-bond donors (Lipinski definition) is 2. The Labute approximate surface area is 157 Å². The number of ether oxygens (including phenoxy) is 1. The van der Waals surface area contributed by atoms with E-state index in [-0.39, 0.29) is 5.75 Å². The van der Waals surface area contributed by atoms with Crippen molar-refractivity contribution in [2.24, 2.45) is 5.10 Å². The highest BCUT2D eigenvalue weighted by molar-refractivity contribution is 6.07. The summed E-state index contributed by atoms with van der Waals surface area (Å²) in [6.07, 6.45) is 1.43. The van der Waals surface area contributed by atoms with E-state index in [9.17, 15) is 14.7 Å². The van der Waals surface area contributed by atoms with Crippen LogP contribution in [0.3, 0.4) is 0 Å². The van der Waals surface area contributed by atoms with Crippen LogP contribution in [0, 0.1) is 13.8 Å². The Morgan fingerprint density at radius 3 is 2.30 bits per heavy atom. The third kappa shape index (κ3) is 3.23. The van der Waals surface area contributed by atoms with Crippen LogP contribution in [0.2, 0.25) is 0 Å². The zero-order chi connectivity index (χ0) is 19.8. The van der Waals surface area contributed by atoms with E-state index >= 15 is 0 Å². The van der Waals surface area contributed by atoms with Gasteiger partial charge in [0.2, 0.25) is 0 Å². The van der Waals surface area contributed by atoms with Gasteiger partial charge in [-0.2, -0.15) is 5.10 Å². The largest absolute Gasteiger partial charge is 0.507 e. The first-order valence-electron chi connectivity index (χ1n) is 8.41. The summed E-state index contributed by atoms with van der Waals surface area (Å²) >= 11 is 0. The molecular weight excluding hydrogens is 346 g/mol. The molecule has 1 saturated heterocycles. The number of phenols is 1. The molecule has 1 aliphatic rings. The molecule has 2 N–H and O–H groups in total. The van der Waals surface area contributed by atoms with E-state index in [1.54, 1.807) is 64.3 Å². The van der Waals surface area contributed by atoms with Gasteiger partial charge in [0.15, 0.2) is 0 Å². The van der Waals surface area contributed by atoms with Gasteiger partial charge in [-0.05, 0) is 67.3 Å². The predicted molar refractivity (Wildman–Crippen MR) is 101 cm³/mol. The van der Waals surface area contributed by atoms with Gasteiger partial charge in [0.25, 0.3) is 5.91 Å². The molecular formula is C20H21N3O4. The molecule has 0 aromatic heterocycles. The zero-order valence-corrected chi connectivity index (χ0v) is 15.6. The number of methoxy groups -OCH3 is 1. The molecule has 140 valence electrons. The number of aryl methyl sites for hydroxylation is 2. The Bertz CT molecular complexity index is 914. The molecule has 1 fully saturated rings. The Balaban J connectivity index is 1.87. The van der Waals surface area contributed by atoms with Gasteiger partial charge in [-0.3, -0.25) is 4.79 Å². The van der Waals surface area contributed by atoms with Crippen molar-refractivity contribution in [3.05, 3.63) is 58.7 Å². The average molecular weight is 367 g/mol. The van der Waals surface area contributed by atoms with Crippen LogP contribution >= 0.6 is 0 Å². The highest BCUT2D eigenvalue weighted by atomic mass is 16.5. The van der Waals surface area contributed by atoms with E-state index in [1.807, 2.05) is 0 Å². The fourth-order valence-corrected chi connectivity index (χ4v) is 3.04. The van der Waals surface area contributed by atoms with Crippen molar-refractivity contribution in [2.45, 2.75) is 26.3 Å². The van der Waals surface area contributed by atoms with Gasteiger partial charge < -0.3 is 15.2 Å². The first kappa shape index (κ1) is 18.4. The van der Waals surface area contributed by atoms with Crippen LogP contribution < -0.4 is 10.1 Å². The van der Waals surface area contributed by atoms with Gasteiger partial charge in [0.1, 0.15) is 17.0 Å². The van der Waals surface area contributed by atoms with Crippen LogP contribution in [0.1, 0.15) is 29.2 Å². The molecule has 1 aliphatic heterocycles. The van der Waals surface area contributed by atoms with Crippen LogP contribution in [0.15, 0.2) is 41.5 Å². The van der Waals surface area contributed by atoms with E-state index < -0.39 is 17.5 Å². The lowest BCUT2D eigenvalue weighted by atomic mass is 9.92. The van der Waals surface area contributed by atoms with Crippen molar-refractivity contribution in [1.29, 1.82) is 0 Å². The van der Waals surface area contributed by atoms with Crippen molar-refractivity contribution in [3.8, 4) is 11.5 Å². The van der Waals surface area contributed by atoms with Crippen molar-refractivity contribution < 1.29 is 19.4 Å². The summed E-state index contributed by atoms with van der Waals surface area (Å²) in [6, 6.07) is 9.79. The van der Waals surface area contributed by atoms with Crippen molar-refractivity contribution >= 4 is 18.2 Å². The lowest BCUT2D eigenvalue weighted by Crippen LogP contribution is -2.40. The molecule has 0 bridgehead atoms. The number of rotatable bonds is 4. The summed E-state index contributed by atoms with van der Waals surface area (Å²) in [4.78, 5) is 25.2. The van der Waals surface area contributed by atoms with Gasteiger partial charge in [0, 0.05) is 0 Å². The van der Waals surface area contributed by atoms with E-state index in [2.05, 4.69) is 10.4 Å². The van der Waals surface area contributed by atoms with E-state index in [1.165, 1.54) is 6.21 Å². The first-order valence-corrected chi connectivity index (χ1v) is 8.41. The Morgan fingerprint density at radius 1 is 1.15 bits per heavy atom. The van der Waals surface area contributed by atoms with Gasteiger partial charge in [-0.1, -0.05) is 12.1 Å². The van der Waals surface area contributed by atoms with E-state index in [4.69, 9.17) is 4.74 Å². The number of nitrogens with zero attached hydrogens (tertiary/aromatic N) is 2. The standard InChI is InChI=1S/C20H21N3O4/c1-12-9-14(10-13(2)17(12)24)11-21-23-18(25)20(3,22-19(23)26)15-5-7-16(27-4)8-6-15/h5-11,24H,1-4H3,(H,22,26)/b21-11+/t20-/m1/s1. The summed E-state index contributed by atoms with van der Waals surface area (Å²) in [6.45, 7) is 5.18. The molecule has 2 aromatic carbocycles. The average Bonchev–Trinajstić information content (AvgIpc) is 2.87. The number of benzene rings is 2. The molecule has 1 heterocycles. The summed E-state index contributed by atoms with van der Waals surface area (Å²) in [5, 5.41) is 17.4. The molecule has 0 radical (unpaired) electrons. The van der Waals surface area contributed by atoms with Crippen LogP contribution in [0.5, 0.6) is 11.5 Å². The molecule has 3 amide bonds. The summed E-state index contributed by atoms with van der Waals surface area (Å²) in [7, 11) is 1.56. The molecule has 0 spiro atoms. The molecule has 2 aromatic rings. The number of amides is 3. The van der Waals surface area contributed by atoms with Crippen molar-refractivity contribution in [3.63, 3.8) is 0 Å². The van der Waals surface area contributed by atoms with E-state index in [0.29, 0.717) is 28.0 Å². The third-order valence-electron chi connectivity index (χ3n) is 4.67. The number of carbonyl (C=O) groups is 2. The third-order valence-corrected chi connectivity index (χ3v) is 4.67. The van der Waals surface area contributed by atoms with Crippen LogP contribution in [0.25, 0.3) is 0 Å². The maximum absolute atomic E-state index is 12.9. The lowest BCUT2D eigenvalue weighted by Gasteiger charge is -2.21. The molecule has 0 saturated carbocycles.